The molecular weight excluding hydrogens is 211 g/mol. The maximum Gasteiger partial charge on any atom is 0.269 e. The molecule has 2 rings (SSSR count). The van der Waals surface area contributed by atoms with E-state index in [0.717, 1.165) is 0 Å². The van der Waals surface area contributed by atoms with Crippen LogP contribution < -0.4 is 11.5 Å². The van der Waals surface area contributed by atoms with Crippen LogP contribution in [0.5, 0.6) is 0 Å². The lowest BCUT2D eigenvalue weighted by Crippen LogP contribution is -2.12. The summed E-state index contributed by atoms with van der Waals surface area (Å²) in [6.45, 7) is 0. The number of amides is 1. The topological polar surface area (TPSA) is 86.9 Å². The summed E-state index contributed by atoms with van der Waals surface area (Å²) in [7, 11) is 0. The van der Waals surface area contributed by atoms with Gasteiger partial charge in [-0.3, -0.25) is 4.79 Å². The summed E-state index contributed by atoms with van der Waals surface area (Å²) in [4.78, 5) is 10.8. The van der Waals surface area contributed by atoms with E-state index in [1.807, 2.05) is 0 Å². The first-order chi connectivity index (χ1) is 7.59. The molecule has 16 heavy (non-hydrogen) atoms. The van der Waals surface area contributed by atoms with E-state index in [4.69, 9.17) is 11.5 Å². The van der Waals surface area contributed by atoms with Crippen molar-refractivity contribution in [3.8, 4) is 5.69 Å². The summed E-state index contributed by atoms with van der Waals surface area (Å²) in [5, 5.41) is 3.88. The van der Waals surface area contributed by atoms with Gasteiger partial charge >= 0.3 is 0 Å². The summed E-state index contributed by atoms with van der Waals surface area (Å²) in [5.74, 6) is -1.18. The second-order valence-corrected chi connectivity index (χ2v) is 3.18. The number of primary amides is 1. The maximum atomic E-state index is 13.2. The molecule has 4 N–H and O–H groups in total. The maximum absolute atomic E-state index is 13.2. The number of carbonyl (C=O) groups is 1. The number of hydrogen-bond acceptors (Lipinski definition) is 3. The van der Waals surface area contributed by atoms with E-state index in [9.17, 15) is 9.18 Å². The van der Waals surface area contributed by atoms with Crippen molar-refractivity contribution in [3.63, 3.8) is 0 Å². The standard InChI is InChI=1S/C10H9FN4O/c11-6-2-1-3-8(9(6)12)15-5-4-7(14-15)10(13)16/h1-5H,12H2,(H2,13,16). The summed E-state index contributed by atoms with van der Waals surface area (Å²) in [5.41, 5.74) is 11.0. The molecule has 1 heterocycles. The number of nitrogens with zero attached hydrogens (tertiary/aromatic N) is 2. The fraction of sp³-hybridized carbons (Fsp3) is 0. The predicted molar refractivity (Wildman–Crippen MR) is 56.5 cm³/mol. The zero-order valence-corrected chi connectivity index (χ0v) is 8.22. The zero-order valence-electron chi connectivity index (χ0n) is 8.22. The van der Waals surface area contributed by atoms with Crippen molar-refractivity contribution in [2.45, 2.75) is 0 Å². The Morgan fingerprint density at radius 2 is 2.12 bits per heavy atom. The minimum absolute atomic E-state index is 0.0263. The number of halogens is 1. The molecule has 5 nitrogen and oxygen atoms in total. The Morgan fingerprint density at radius 1 is 1.38 bits per heavy atom. The second kappa shape index (κ2) is 3.65. The van der Waals surface area contributed by atoms with Crippen LogP contribution in [0, 0.1) is 5.82 Å². The number of nitrogens with two attached hydrogens (primary N) is 2. The van der Waals surface area contributed by atoms with E-state index in [-0.39, 0.29) is 11.4 Å². The van der Waals surface area contributed by atoms with Gasteiger partial charge < -0.3 is 11.5 Å². The third kappa shape index (κ3) is 1.60. The van der Waals surface area contributed by atoms with E-state index >= 15 is 0 Å². The fourth-order valence-electron chi connectivity index (χ4n) is 1.31. The van der Waals surface area contributed by atoms with Gasteiger partial charge in [0, 0.05) is 6.20 Å². The van der Waals surface area contributed by atoms with Crippen LogP contribution in [0.1, 0.15) is 10.5 Å². The Hall–Kier alpha value is -2.37. The first kappa shape index (κ1) is 10.2. The van der Waals surface area contributed by atoms with Crippen LogP contribution in [0.15, 0.2) is 30.5 Å². The van der Waals surface area contributed by atoms with Gasteiger partial charge in [-0.15, -0.1) is 0 Å². The number of anilines is 1. The second-order valence-electron chi connectivity index (χ2n) is 3.18. The molecule has 0 unspecified atom stereocenters. The van der Waals surface area contributed by atoms with Gasteiger partial charge in [-0.2, -0.15) is 5.10 Å². The molecule has 0 aliphatic heterocycles. The predicted octanol–water partition coefficient (Wildman–Crippen LogP) is 0.693. The van der Waals surface area contributed by atoms with Gasteiger partial charge in [-0.1, -0.05) is 6.07 Å². The molecule has 0 aliphatic rings. The Labute approximate surface area is 90.5 Å². The highest BCUT2D eigenvalue weighted by atomic mass is 19.1. The zero-order chi connectivity index (χ0) is 11.7. The summed E-state index contributed by atoms with van der Waals surface area (Å²) < 4.78 is 14.5. The molecule has 0 spiro atoms. The Kier molecular flexibility index (Phi) is 2.32. The minimum Gasteiger partial charge on any atom is -0.395 e. The molecule has 82 valence electrons. The van der Waals surface area contributed by atoms with Gasteiger partial charge in [0.25, 0.3) is 5.91 Å². The minimum atomic E-state index is -0.645. The monoisotopic (exact) mass is 220 g/mol. The van der Waals surface area contributed by atoms with Gasteiger partial charge in [0.2, 0.25) is 0 Å². The van der Waals surface area contributed by atoms with Crippen molar-refractivity contribution in [2.75, 3.05) is 5.73 Å². The lowest BCUT2D eigenvalue weighted by Gasteiger charge is -2.05. The van der Waals surface area contributed by atoms with Gasteiger partial charge in [0.15, 0.2) is 0 Å². The molecule has 2 aromatic rings. The molecule has 0 bridgehead atoms. The molecule has 1 aromatic carbocycles. The first-order valence-corrected chi connectivity index (χ1v) is 4.49. The van der Waals surface area contributed by atoms with Crippen LogP contribution in [-0.4, -0.2) is 15.7 Å². The van der Waals surface area contributed by atoms with E-state index in [0.29, 0.717) is 5.69 Å². The van der Waals surface area contributed by atoms with Crippen molar-refractivity contribution in [2.24, 2.45) is 5.73 Å². The molecular formula is C10H9FN4O. The molecule has 1 aromatic heterocycles. The van der Waals surface area contributed by atoms with Crippen LogP contribution in [0.25, 0.3) is 5.69 Å². The molecule has 1 amide bonds. The third-order valence-corrected chi connectivity index (χ3v) is 2.12. The first-order valence-electron chi connectivity index (χ1n) is 4.49. The fourth-order valence-corrected chi connectivity index (χ4v) is 1.31. The average Bonchev–Trinajstić information content (AvgIpc) is 2.71. The van der Waals surface area contributed by atoms with Crippen molar-refractivity contribution >= 4 is 11.6 Å². The van der Waals surface area contributed by atoms with Crippen molar-refractivity contribution in [1.82, 2.24) is 9.78 Å². The highest BCUT2D eigenvalue weighted by Gasteiger charge is 2.09. The number of aromatic nitrogens is 2. The number of para-hydroxylation sites is 1. The van der Waals surface area contributed by atoms with Crippen molar-refractivity contribution in [3.05, 3.63) is 42.0 Å². The van der Waals surface area contributed by atoms with Crippen LogP contribution in [0.4, 0.5) is 10.1 Å². The van der Waals surface area contributed by atoms with E-state index in [2.05, 4.69) is 5.10 Å². The Bertz CT molecular complexity index is 550. The Balaban J connectivity index is 2.50. The van der Waals surface area contributed by atoms with Crippen molar-refractivity contribution < 1.29 is 9.18 Å². The number of benzene rings is 1. The van der Waals surface area contributed by atoms with E-state index < -0.39 is 11.7 Å². The smallest absolute Gasteiger partial charge is 0.269 e. The normalized spacial score (nSPS) is 10.3. The molecule has 0 radical (unpaired) electrons. The van der Waals surface area contributed by atoms with Gasteiger partial charge in [0.05, 0.1) is 11.4 Å². The average molecular weight is 220 g/mol. The number of carbonyl (C=O) groups excluding carboxylic acids is 1. The molecule has 0 atom stereocenters. The van der Waals surface area contributed by atoms with Crippen LogP contribution in [0.3, 0.4) is 0 Å². The lowest BCUT2D eigenvalue weighted by atomic mass is 10.2. The highest BCUT2D eigenvalue weighted by molar-refractivity contribution is 5.90. The van der Waals surface area contributed by atoms with Gasteiger partial charge in [-0.05, 0) is 18.2 Å². The molecule has 0 aliphatic carbocycles. The van der Waals surface area contributed by atoms with E-state index in [1.54, 1.807) is 6.07 Å². The number of hydrogen-bond donors (Lipinski definition) is 2. The highest BCUT2D eigenvalue weighted by Crippen LogP contribution is 2.19. The number of nitrogen functional groups attached to an aromatic ring is 1. The largest absolute Gasteiger partial charge is 0.395 e. The quantitative estimate of drug-likeness (QED) is 0.730. The SMILES string of the molecule is NC(=O)c1ccn(-c2cccc(F)c2N)n1. The summed E-state index contributed by atoms with van der Waals surface area (Å²) in [6.07, 6.45) is 1.49. The molecule has 6 heteroatoms. The van der Waals surface area contributed by atoms with E-state index in [1.165, 1.54) is 29.1 Å². The lowest BCUT2D eigenvalue weighted by molar-refractivity contribution is 0.0995. The molecule has 0 saturated carbocycles. The van der Waals surface area contributed by atoms with Crippen LogP contribution in [0.2, 0.25) is 0 Å². The van der Waals surface area contributed by atoms with Gasteiger partial charge in [-0.25, -0.2) is 9.07 Å². The summed E-state index contributed by atoms with van der Waals surface area (Å²) >= 11 is 0. The number of rotatable bonds is 2. The van der Waals surface area contributed by atoms with Crippen LogP contribution in [-0.2, 0) is 0 Å². The van der Waals surface area contributed by atoms with Crippen molar-refractivity contribution in [1.29, 1.82) is 0 Å². The molecule has 0 fully saturated rings. The Morgan fingerprint density at radius 3 is 2.75 bits per heavy atom. The van der Waals surface area contributed by atoms with Gasteiger partial charge in [0.1, 0.15) is 11.5 Å². The molecule has 0 saturated heterocycles. The third-order valence-electron chi connectivity index (χ3n) is 2.12. The van der Waals surface area contributed by atoms with Crippen LogP contribution >= 0.6 is 0 Å². The summed E-state index contributed by atoms with van der Waals surface area (Å²) in [6, 6.07) is 5.78.